The van der Waals surface area contributed by atoms with Crippen LogP contribution in [0.4, 0.5) is 13.2 Å². The fourth-order valence-electron chi connectivity index (χ4n) is 2.53. The zero-order valence-electron chi connectivity index (χ0n) is 12.3. The summed E-state index contributed by atoms with van der Waals surface area (Å²) in [6.07, 6.45) is 0.558. The second-order valence-corrected chi connectivity index (χ2v) is 7.13. The Kier molecular flexibility index (Phi) is 4.51. The molecule has 2 aromatic rings. The monoisotopic (exact) mass is 357 g/mol. The molecule has 3 rings (SSSR count). The summed E-state index contributed by atoms with van der Waals surface area (Å²) in [6, 6.07) is 10.7. The highest BCUT2D eigenvalue weighted by atomic mass is 32.2. The van der Waals surface area contributed by atoms with Crippen LogP contribution in [-0.4, -0.2) is 21.1 Å². The second-order valence-electron chi connectivity index (χ2n) is 5.45. The Morgan fingerprint density at radius 3 is 2.42 bits per heavy atom. The summed E-state index contributed by atoms with van der Waals surface area (Å²) in [6.45, 7) is -3.12. The summed E-state index contributed by atoms with van der Waals surface area (Å²) in [5.41, 5.74) is 0.821. The first-order chi connectivity index (χ1) is 11.4. The molecule has 1 aliphatic rings. The Bertz CT molecular complexity index is 825. The van der Waals surface area contributed by atoms with Gasteiger partial charge in [-0.05, 0) is 36.2 Å². The van der Waals surface area contributed by atoms with Gasteiger partial charge in [0, 0.05) is 12.0 Å². The van der Waals surface area contributed by atoms with E-state index in [4.69, 9.17) is 0 Å². The van der Waals surface area contributed by atoms with Gasteiger partial charge in [-0.25, -0.2) is 17.5 Å². The second kappa shape index (κ2) is 6.45. The average molecular weight is 357 g/mol. The normalized spacial score (nSPS) is 20.2. The number of sulfonamides is 1. The van der Waals surface area contributed by atoms with Gasteiger partial charge in [-0.3, -0.25) is 0 Å². The maximum absolute atomic E-state index is 12.9. The highest BCUT2D eigenvalue weighted by Gasteiger charge is 2.41. The highest BCUT2D eigenvalue weighted by Crippen LogP contribution is 2.42. The van der Waals surface area contributed by atoms with Gasteiger partial charge >= 0.3 is 6.61 Å². The van der Waals surface area contributed by atoms with E-state index in [0.29, 0.717) is 6.42 Å². The van der Waals surface area contributed by atoms with Crippen LogP contribution < -0.4 is 9.46 Å². The molecule has 0 heterocycles. The van der Waals surface area contributed by atoms with Gasteiger partial charge in [-0.1, -0.05) is 24.3 Å². The largest absolute Gasteiger partial charge is 0.433 e. The van der Waals surface area contributed by atoms with Crippen molar-refractivity contribution in [3.05, 3.63) is 59.9 Å². The SMILES string of the molecule is O=S(=O)(N[C@@H]1C[C@H]1c1ccc(F)cc1)c1ccccc1OC(F)F. The molecule has 0 bridgehead atoms. The Morgan fingerprint density at radius 1 is 1.08 bits per heavy atom. The lowest BCUT2D eigenvalue weighted by atomic mass is 10.1. The molecule has 1 aliphatic carbocycles. The molecule has 0 amide bonds. The van der Waals surface area contributed by atoms with E-state index in [2.05, 4.69) is 9.46 Å². The van der Waals surface area contributed by atoms with E-state index in [1.54, 1.807) is 12.1 Å². The molecule has 0 aromatic heterocycles. The number of alkyl halides is 2. The van der Waals surface area contributed by atoms with Crippen molar-refractivity contribution in [1.82, 2.24) is 4.72 Å². The molecule has 2 aromatic carbocycles. The minimum absolute atomic E-state index is 0.0662. The summed E-state index contributed by atoms with van der Waals surface area (Å²) in [5.74, 6) is -0.836. The van der Waals surface area contributed by atoms with Gasteiger partial charge in [0.15, 0.2) is 0 Å². The predicted molar refractivity (Wildman–Crippen MR) is 80.9 cm³/mol. The van der Waals surface area contributed by atoms with E-state index in [0.717, 1.165) is 5.56 Å². The average Bonchev–Trinajstić information content (AvgIpc) is 3.26. The van der Waals surface area contributed by atoms with Crippen LogP contribution in [0.15, 0.2) is 53.4 Å². The number of hydrogen-bond acceptors (Lipinski definition) is 3. The van der Waals surface area contributed by atoms with Crippen LogP contribution >= 0.6 is 0 Å². The van der Waals surface area contributed by atoms with Gasteiger partial charge in [0.25, 0.3) is 0 Å². The number of para-hydroxylation sites is 1. The topological polar surface area (TPSA) is 55.4 Å². The summed E-state index contributed by atoms with van der Waals surface area (Å²) in [7, 11) is -4.00. The molecule has 0 saturated heterocycles. The zero-order valence-corrected chi connectivity index (χ0v) is 13.1. The first-order valence-electron chi connectivity index (χ1n) is 7.18. The molecule has 24 heavy (non-hydrogen) atoms. The molecule has 1 saturated carbocycles. The van der Waals surface area contributed by atoms with Gasteiger partial charge in [-0.15, -0.1) is 0 Å². The number of nitrogens with one attached hydrogen (secondary N) is 1. The van der Waals surface area contributed by atoms with E-state index in [9.17, 15) is 21.6 Å². The molecule has 0 aliphatic heterocycles. The van der Waals surface area contributed by atoms with Gasteiger partial charge < -0.3 is 4.74 Å². The predicted octanol–water partition coefficient (Wildman–Crippen LogP) is 3.26. The van der Waals surface area contributed by atoms with Crippen molar-refractivity contribution < 1.29 is 26.3 Å². The first-order valence-corrected chi connectivity index (χ1v) is 8.67. The van der Waals surface area contributed by atoms with E-state index >= 15 is 0 Å². The summed E-state index contributed by atoms with van der Waals surface area (Å²) in [5, 5.41) is 0. The lowest BCUT2D eigenvalue weighted by molar-refractivity contribution is -0.0517. The van der Waals surface area contributed by atoms with E-state index in [-0.39, 0.29) is 22.7 Å². The first kappa shape index (κ1) is 16.8. The Morgan fingerprint density at radius 2 is 1.75 bits per heavy atom. The molecule has 0 unspecified atom stereocenters. The molecular weight excluding hydrogens is 343 g/mol. The third-order valence-electron chi connectivity index (χ3n) is 3.75. The maximum atomic E-state index is 12.9. The fraction of sp³-hybridized carbons (Fsp3) is 0.250. The zero-order chi connectivity index (χ0) is 17.3. The Balaban J connectivity index is 1.75. The number of benzene rings is 2. The third-order valence-corrected chi connectivity index (χ3v) is 5.28. The minimum Gasteiger partial charge on any atom is -0.433 e. The van der Waals surface area contributed by atoms with Crippen LogP contribution in [0.2, 0.25) is 0 Å². The molecule has 1 fully saturated rings. The van der Waals surface area contributed by atoms with Crippen LogP contribution in [0.5, 0.6) is 5.75 Å². The number of ether oxygens (including phenoxy) is 1. The number of halogens is 3. The fourth-order valence-corrected chi connectivity index (χ4v) is 3.96. The summed E-state index contributed by atoms with van der Waals surface area (Å²) in [4.78, 5) is -0.338. The van der Waals surface area contributed by atoms with E-state index < -0.39 is 22.4 Å². The van der Waals surface area contributed by atoms with Gasteiger partial charge in [0.2, 0.25) is 10.0 Å². The van der Waals surface area contributed by atoms with Crippen molar-refractivity contribution in [2.75, 3.05) is 0 Å². The molecule has 128 valence electrons. The van der Waals surface area contributed by atoms with Crippen LogP contribution in [0, 0.1) is 5.82 Å². The Labute approximate surface area is 137 Å². The summed E-state index contributed by atoms with van der Waals surface area (Å²) >= 11 is 0. The van der Waals surface area contributed by atoms with Crippen LogP contribution in [-0.2, 0) is 10.0 Å². The molecule has 0 radical (unpaired) electrons. The quantitative estimate of drug-likeness (QED) is 0.863. The molecule has 8 heteroatoms. The van der Waals surface area contributed by atoms with Crippen molar-refractivity contribution in [3.63, 3.8) is 0 Å². The lowest BCUT2D eigenvalue weighted by Gasteiger charge is -2.12. The Hall–Kier alpha value is -2.06. The van der Waals surface area contributed by atoms with Crippen molar-refractivity contribution in [1.29, 1.82) is 0 Å². The number of rotatable bonds is 6. The van der Waals surface area contributed by atoms with Gasteiger partial charge in [-0.2, -0.15) is 8.78 Å². The van der Waals surface area contributed by atoms with Gasteiger partial charge in [0.05, 0.1) is 0 Å². The third kappa shape index (κ3) is 3.70. The molecular formula is C16H14F3NO3S. The van der Waals surface area contributed by atoms with E-state index in [1.165, 1.54) is 36.4 Å². The van der Waals surface area contributed by atoms with Crippen molar-refractivity contribution >= 4 is 10.0 Å². The minimum atomic E-state index is -4.00. The highest BCUT2D eigenvalue weighted by molar-refractivity contribution is 7.89. The summed E-state index contributed by atoms with van der Waals surface area (Å²) < 4.78 is 69.3. The van der Waals surface area contributed by atoms with Crippen LogP contribution in [0.3, 0.4) is 0 Å². The standard InChI is InChI=1S/C16H14F3NO3S/c17-11-7-5-10(6-8-11)12-9-13(12)20-24(21,22)15-4-2-1-3-14(15)23-16(18)19/h1-8,12-13,16,20H,9H2/t12-,13+/m0/s1. The smallest absolute Gasteiger partial charge is 0.387 e. The van der Waals surface area contributed by atoms with E-state index in [1.807, 2.05) is 0 Å². The lowest BCUT2D eigenvalue weighted by Crippen LogP contribution is -2.27. The molecule has 0 spiro atoms. The van der Waals surface area contributed by atoms with Crippen molar-refractivity contribution in [2.45, 2.75) is 29.9 Å². The van der Waals surface area contributed by atoms with Crippen molar-refractivity contribution in [3.8, 4) is 5.75 Å². The number of hydrogen-bond donors (Lipinski definition) is 1. The molecule has 4 nitrogen and oxygen atoms in total. The molecule has 2 atom stereocenters. The van der Waals surface area contributed by atoms with Gasteiger partial charge in [0.1, 0.15) is 16.5 Å². The maximum Gasteiger partial charge on any atom is 0.387 e. The van der Waals surface area contributed by atoms with Crippen molar-refractivity contribution in [2.24, 2.45) is 0 Å². The van der Waals surface area contributed by atoms with Crippen LogP contribution in [0.1, 0.15) is 17.9 Å². The molecule has 1 N–H and O–H groups in total. The van der Waals surface area contributed by atoms with Crippen LogP contribution in [0.25, 0.3) is 0 Å².